The molecule has 786 valence electrons. The van der Waals surface area contributed by atoms with Crippen LogP contribution < -0.4 is 0 Å². The van der Waals surface area contributed by atoms with Crippen molar-refractivity contribution in [3.05, 3.63) is 23.5 Å². The molecule has 22 aliphatic rings. The fourth-order valence-corrected chi connectivity index (χ4v) is 43.7. The molecule has 0 radical (unpaired) electrons. The van der Waals surface area contributed by atoms with Crippen molar-refractivity contribution >= 4 is 62.9 Å². The maximum atomic E-state index is 12.2. The van der Waals surface area contributed by atoms with E-state index < -0.39 is 7.14 Å². The van der Waals surface area contributed by atoms with Gasteiger partial charge in [0.1, 0.15) is 42.3 Å². The lowest BCUT2D eigenvalue weighted by Crippen LogP contribution is -2.53. The number of aliphatic hydroxyl groups is 1. The van der Waals surface area contributed by atoms with Gasteiger partial charge in [-0.1, -0.05) is 131 Å². The Bertz CT molecular complexity index is 4480. The molecule has 2 aliphatic heterocycles. The fourth-order valence-electron chi connectivity index (χ4n) is 43.0. The van der Waals surface area contributed by atoms with Crippen LogP contribution in [0, 0.1) is 238 Å². The molecule has 20 aliphatic carbocycles. The second-order valence-corrected chi connectivity index (χ2v) is 60.4. The number of carbonyl (C=O) groups excluding carboxylic acids is 8. The standard InChI is InChI=1S/C26H40O3.C26H38O3.C25H41O2P.C22H36O2.C22H34O2.C2H7P.2CH4/c2*1-16(14-17-10-13-29-24(17)28)21-6-7-22-20-5-4-18-15-19(27)8-11-25(18,2)23(20)9-12-26(21,22)3;1-17(12-15-28(4,5)27)21-8-9-22-20-7-6-18-16-19(26)10-13-24(18,2)23(20)11-14-25(21,22)3;2*1-14(13-23)18-6-7-19-17-5-4-15-12-16(24)8-10-21(15,2)20(17)9-11-22(18,19)3;1-3-2;;/h16-18,20-23H,4-15H2,1-3H3;14,16,18,20-23H,4-13,15H2,1-3H3;12,15,17-18,20-23H,6-11,13-14,16H2,1-5H3;14-15,17-20,23H,4-13H2,1-3H3;13-15,17-20H,4-12H2,1-3H3;3H,1-2H3;2*1H4/b;17-14+;15-12+;;;;;/t16-,17?,18+,20?,21-,22?,23?,25+,26-;16-,18+,20?,21-,22?,23?,25+,26-;17-,18+,20?,21-,22?,23?,24+,25-;2*14-,15+,17?,18-,19?,20?,21+,22-;;;/m11111.../s1. The monoisotopic (exact) mass is 1960 g/mol. The lowest BCUT2D eigenvalue weighted by molar-refractivity contribution is -0.143. The number of allylic oxidation sites excluding steroid dienone is 2. The summed E-state index contributed by atoms with van der Waals surface area (Å²) in [5, 5.41) is 9.72. The zero-order valence-electron chi connectivity index (χ0n) is 90.2. The first kappa shape index (κ1) is 110. The molecule has 0 aromatic carbocycles. The van der Waals surface area contributed by atoms with E-state index in [0.29, 0.717) is 174 Å². The zero-order valence-corrected chi connectivity index (χ0v) is 92.0. The molecule has 2 heterocycles. The average molecular weight is 1960 g/mol. The predicted molar refractivity (Wildman–Crippen MR) is 570 cm³/mol. The van der Waals surface area contributed by atoms with E-state index in [9.17, 15) is 48.0 Å². The number of carbonyl (C=O) groups is 8. The van der Waals surface area contributed by atoms with Gasteiger partial charge in [-0.05, 0) is 496 Å². The first-order valence-electron chi connectivity index (χ1n) is 58.4. The molecule has 139 heavy (non-hydrogen) atoms. The molecule has 0 amide bonds. The number of hydrogen-bond acceptors (Lipinski definition) is 12. The minimum atomic E-state index is -2.08. The first-order chi connectivity index (χ1) is 64.9. The molecule has 41 atom stereocenters. The molecule has 22 fully saturated rings. The van der Waals surface area contributed by atoms with Gasteiger partial charge in [0.25, 0.3) is 0 Å². The Labute approximate surface area is 849 Å². The van der Waals surface area contributed by atoms with Crippen LogP contribution in [0.5, 0.6) is 0 Å². The topological polar surface area (TPSA) is 192 Å². The van der Waals surface area contributed by atoms with Crippen molar-refractivity contribution in [2.24, 2.45) is 238 Å². The van der Waals surface area contributed by atoms with Crippen molar-refractivity contribution in [1.29, 1.82) is 0 Å². The number of fused-ring (bicyclic) bond motifs is 25. The number of rotatable bonds is 12. The molecule has 20 saturated carbocycles. The van der Waals surface area contributed by atoms with E-state index in [1.54, 1.807) is 0 Å². The third-order valence-electron chi connectivity index (χ3n) is 50.3. The van der Waals surface area contributed by atoms with Crippen LogP contribution in [0.3, 0.4) is 0 Å². The van der Waals surface area contributed by atoms with Crippen LogP contribution in [0.15, 0.2) is 23.5 Å². The van der Waals surface area contributed by atoms with Crippen LogP contribution in [0.25, 0.3) is 0 Å². The van der Waals surface area contributed by atoms with E-state index in [-0.39, 0.29) is 38.6 Å². The van der Waals surface area contributed by atoms with Crippen LogP contribution in [0.2, 0.25) is 0 Å². The Morgan fingerprint density at radius 3 is 0.899 bits per heavy atom. The van der Waals surface area contributed by atoms with E-state index in [1.807, 2.05) is 19.1 Å². The Morgan fingerprint density at radius 2 is 0.626 bits per heavy atom. The third-order valence-corrected chi connectivity index (χ3v) is 51.2. The maximum Gasteiger partial charge on any atom is 0.333 e. The van der Waals surface area contributed by atoms with Crippen molar-refractivity contribution in [3.63, 3.8) is 0 Å². The highest BCUT2D eigenvalue weighted by molar-refractivity contribution is 7.65. The van der Waals surface area contributed by atoms with Crippen LogP contribution >= 0.6 is 15.7 Å². The number of esters is 2. The summed E-state index contributed by atoms with van der Waals surface area (Å²) in [6.45, 7) is 46.6. The van der Waals surface area contributed by atoms with Crippen molar-refractivity contribution in [2.75, 3.05) is 46.5 Å². The van der Waals surface area contributed by atoms with E-state index in [4.69, 9.17) is 9.47 Å². The number of aliphatic hydroxyl groups excluding tert-OH is 1. The molecular weight excluding hydrogens is 1760 g/mol. The van der Waals surface area contributed by atoms with Gasteiger partial charge in [0, 0.05) is 88.7 Å². The first-order valence-corrected chi connectivity index (χ1v) is 63.1. The summed E-state index contributed by atoms with van der Waals surface area (Å²) in [5.41, 5.74) is 5.14. The van der Waals surface area contributed by atoms with Gasteiger partial charge < -0.3 is 23.9 Å². The van der Waals surface area contributed by atoms with E-state index in [1.165, 1.54) is 199 Å². The van der Waals surface area contributed by atoms with Crippen molar-refractivity contribution in [3.8, 4) is 0 Å². The molecule has 2 saturated heterocycles. The summed E-state index contributed by atoms with van der Waals surface area (Å²) in [6, 6.07) is 0. The van der Waals surface area contributed by atoms with E-state index in [2.05, 4.69) is 129 Å². The van der Waals surface area contributed by atoms with Crippen LogP contribution in [-0.4, -0.2) is 98.7 Å². The summed E-state index contributed by atoms with van der Waals surface area (Å²) >= 11 is 0. The van der Waals surface area contributed by atoms with Crippen LogP contribution in [0.1, 0.15) is 427 Å². The smallest absolute Gasteiger partial charge is 0.333 e. The highest BCUT2D eigenvalue weighted by atomic mass is 31.2. The molecule has 12 nitrogen and oxygen atoms in total. The maximum absolute atomic E-state index is 12.2. The second kappa shape index (κ2) is 42.8. The van der Waals surface area contributed by atoms with Crippen LogP contribution in [-0.2, 0) is 52.4 Å². The number of hydrogen-bond donors (Lipinski definition) is 1. The minimum absolute atomic E-state index is 0. The minimum Gasteiger partial charge on any atom is -0.465 e. The van der Waals surface area contributed by atoms with Gasteiger partial charge >= 0.3 is 11.9 Å². The Kier molecular flexibility index (Phi) is 34.0. The highest BCUT2D eigenvalue weighted by Gasteiger charge is 2.68. The fraction of sp³-hybridized carbons (Fsp3) is 0.904. The molecule has 0 spiro atoms. The van der Waals surface area contributed by atoms with Gasteiger partial charge in [-0.3, -0.25) is 28.8 Å². The SMILES string of the molecule is C.C.CPC.C[C@H](/C=C/P(C)(C)=O)[C@H]1CCC2C3CC[C@H]4CC(=O)CC[C@]4(C)C3CC[C@@]21C.C[C@H](/C=C1\CCOC1=O)[C@H]1CCC2C3CC[C@H]4CC(=O)CC[C@]4(C)C3CC[C@@]21C.C[C@H](C=O)[C@H]1CCC2C3CC[C@H]4CC(=O)CC[C@]4(C)C3CC[C@@]21C.C[C@H](CC1CCOC1=O)[C@H]1CCC2C3CC[C@H]4CC(=O)CC[C@]4(C)C3CC[C@@]21C.C[C@H](CO)[C@H]1CCC2C3CC[C@H]4CC(=O)CC[C@]4(C)C3CC[C@@]21C. The molecule has 14 heteroatoms. The number of aldehydes is 1. The normalized spacial score (nSPS) is 48.5. The largest absolute Gasteiger partial charge is 0.465 e. The summed E-state index contributed by atoms with van der Waals surface area (Å²) in [5.74, 6) is 26.5. The van der Waals surface area contributed by atoms with Gasteiger partial charge in [-0.2, -0.15) is 0 Å². The lowest BCUT2D eigenvalue weighted by atomic mass is 9.44. The van der Waals surface area contributed by atoms with Gasteiger partial charge in [0.05, 0.1) is 19.1 Å². The Morgan fingerprint density at radius 1 is 0.345 bits per heavy atom. The molecule has 1 N–H and O–H groups in total. The van der Waals surface area contributed by atoms with Crippen LogP contribution in [0.4, 0.5) is 0 Å². The Hall–Kier alpha value is -2.94. The molecule has 0 aromatic rings. The number of cyclic esters (lactones) is 2. The summed E-state index contributed by atoms with van der Waals surface area (Å²) in [4.78, 5) is 95.6. The molecule has 22 rings (SSSR count). The highest BCUT2D eigenvalue weighted by Crippen LogP contribution is 2.76. The molecular formula is C125H204O12P2. The van der Waals surface area contributed by atoms with Crippen molar-refractivity contribution in [1.82, 2.24) is 0 Å². The summed E-state index contributed by atoms with van der Waals surface area (Å²) < 4.78 is 22.6. The van der Waals surface area contributed by atoms with Gasteiger partial charge in [0.2, 0.25) is 0 Å². The molecule has 0 bridgehead atoms. The Balaban J connectivity index is 0.000000130. The van der Waals surface area contributed by atoms with Crippen molar-refractivity contribution < 1.29 is 57.5 Å². The summed E-state index contributed by atoms with van der Waals surface area (Å²) in [7, 11) is -0.997. The van der Waals surface area contributed by atoms with E-state index in [0.717, 1.165) is 230 Å². The van der Waals surface area contributed by atoms with Gasteiger partial charge in [-0.15, -0.1) is 8.58 Å². The second-order valence-electron chi connectivity index (χ2n) is 56.2. The predicted octanol–water partition coefficient (Wildman–Crippen LogP) is 30.6. The summed E-state index contributed by atoms with van der Waals surface area (Å²) in [6.07, 6.45) is 62.7. The number of Topliss-reactive ketones (excluding diaryl/α,β-unsaturated/α-hetero) is 5. The van der Waals surface area contributed by atoms with Crippen molar-refractivity contribution in [2.45, 2.75) is 427 Å². The van der Waals surface area contributed by atoms with Gasteiger partial charge in [-0.25, -0.2) is 4.79 Å². The quantitative estimate of drug-likeness (QED) is 0.0843. The average Bonchev–Trinajstić information content (AvgIpc) is 1.67. The van der Waals surface area contributed by atoms with Gasteiger partial charge in [0.15, 0.2) is 0 Å². The third kappa shape index (κ3) is 20.1. The van der Waals surface area contributed by atoms with E-state index >= 15 is 0 Å². The number of ether oxygens (including phenoxy) is 2. The number of ketones is 5. The molecule has 16 unspecified atom stereocenters. The lowest BCUT2D eigenvalue weighted by Gasteiger charge is -2.60. The molecule has 0 aromatic heterocycles. The zero-order chi connectivity index (χ0) is 98.0.